The van der Waals surface area contributed by atoms with Gasteiger partial charge in [0.15, 0.2) is 0 Å². The Morgan fingerprint density at radius 2 is 2.07 bits per heavy atom. The Morgan fingerprint density at radius 1 is 1.47 bits per heavy atom. The number of methoxy groups -OCH3 is 1. The summed E-state index contributed by atoms with van der Waals surface area (Å²) >= 11 is 0. The summed E-state index contributed by atoms with van der Waals surface area (Å²) in [7, 11) is -1.91. The van der Waals surface area contributed by atoms with E-state index in [9.17, 15) is 8.42 Å². The fourth-order valence-electron chi connectivity index (χ4n) is 1.14. The predicted molar refractivity (Wildman–Crippen MR) is 59.7 cm³/mol. The van der Waals surface area contributed by atoms with Gasteiger partial charge in [-0.2, -0.15) is 17.4 Å². The maximum absolute atomic E-state index is 11.7. The minimum atomic E-state index is -3.43. The van der Waals surface area contributed by atoms with Crippen LogP contribution in [0.2, 0.25) is 0 Å². The average molecular weight is 239 g/mol. The van der Waals surface area contributed by atoms with E-state index >= 15 is 0 Å². The highest BCUT2D eigenvalue weighted by Gasteiger charge is 2.23. The van der Waals surface area contributed by atoms with Crippen molar-refractivity contribution in [2.24, 2.45) is 5.73 Å². The molecule has 0 saturated carbocycles. The van der Waals surface area contributed by atoms with Gasteiger partial charge in [-0.3, -0.25) is 0 Å². The van der Waals surface area contributed by atoms with E-state index in [0.717, 1.165) is 0 Å². The Kier molecular flexibility index (Phi) is 7.03. The van der Waals surface area contributed by atoms with Crippen molar-refractivity contribution in [3.63, 3.8) is 0 Å². The summed E-state index contributed by atoms with van der Waals surface area (Å²) in [5.41, 5.74) is 5.36. The Labute approximate surface area is 92.0 Å². The lowest BCUT2D eigenvalue weighted by Crippen LogP contribution is -2.47. The summed E-state index contributed by atoms with van der Waals surface area (Å²) in [4.78, 5) is 0. The Bertz CT molecular complexity index is 254. The molecule has 0 heterocycles. The van der Waals surface area contributed by atoms with Gasteiger partial charge in [0, 0.05) is 32.8 Å². The Hall–Kier alpha value is -0.210. The number of hydrogen-bond donors (Lipinski definition) is 2. The van der Waals surface area contributed by atoms with Crippen LogP contribution >= 0.6 is 0 Å². The van der Waals surface area contributed by atoms with Crippen LogP contribution in [0.25, 0.3) is 0 Å². The summed E-state index contributed by atoms with van der Waals surface area (Å²) in [6.45, 7) is 4.88. The van der Waals surface area contributed by atoms with Gasteiger partial charge in [-0.05, 0) is 13.8 Å². The SMILES string of the molecule is COCCNS(=O)(=O)N(CCN)C(C)C. The highest BCUT2D eigenvalue weighted by atomic mass is 32.2. The predicted octanol–water partition coefficient (Wildman–Crippen LogP) is -0.864. The molecule has 0 aromatic heterocycles. The highest BCUT2D eigenvalue weighted by molar-refractivity contribution is 7.87. The molecule has 3 N–H and O–H groups in total. The molecule has 0 radical (unpaired) electrons. The van der Waals surface area contributed by atoms with Gasteiger partial charge in [-0.1, -0.05) is 0 Å². The molecule has 0 spiro atoms. The molecular weight excluding hydrogens is 218 g/mol. The summed E-state index contributed by atoms with van der Waals surface area (Å²) in [5.74, 6) is 0. The van der Waals surface area contributed by atoms with Gasteiger partial charge in [0.25, 0.3) is 10.2 Å². The summed E-state index contributed by atoms with van der Waals surface area (Å²) in [6.07, 6.45) is 0. The number of nitrogens with one attached hydrogen (secondary N) is 1. The molecule has 0 aliphatic heterocycles. The van der Waals surface area contributed by atoms with Gasteiger partial charge in [-0.25, -0.2) is 0 Å². The molecule has 0 rings (SSSR count). The van der Waals surface area contributed by atoms with Crippen molar-refractivity contribution < 1.29 is 13.2 Å². The van der Waals surface area contributed by atoms with Crippen LogP contribution in [0.15, 0.2) is 0 Å². The van der Waals surface area contributed by atoms with Gasteiger partial charge >= 0.3 is 0 Å². The van der Waals surface area contributed by atoms with Gasteiger partial charge < -0.3 is 10.5 Å². The molecule has 0 aliphatic carbocycles. The van der Waals surface area contributed by atoms with E-state index in [4.69, 9.17) is 10.5 Å². The molecule has 0 atom stereocenters. The zero-order valence-corrected chi connectivity index (χ0v) is 10.4. The van der Waals surface area contributed by atoms with Gasteiger partial charge in [0.05, 0.1) is 6.61 Å². The number of nitrogens with two attached hydrogens (primary N) is 1. The third kappa shape index (κ3) is 5.43. The topological polar surface area (TPSA) is 84.7 Å². The monoisotopic (exact) mass is 239 g/mol. The van der Waals surface area contributed by atoms with Crippen LogP contribution in [0.5, 0.6) is 0 Å². The second kappa shape index (κ2) is 7.13. The Balaban J connectivity index is 4.37. The van der Waals surface area contributed by atoms with Crippen molar-refractivity contribution in [3.05, 3.63) is 0 Å². The maximum atomic E-state index is 11.7. The van der Waals surface area contributed by atoms with Crippen molar-refractivity contribution in [2.45, 2.75) is 19.9 Å². The first kappa shape index (κ1) is 14.8. The van der Waals surface area contributed by atoms with Crippen LogP contribution in [0.4, 0.5) is 0 Å². The first-order chi connectivity index (χ1) is 6.95. The van der Waals surface area contributed by atoms with Gasteiger partial charge in [-0.15, -0.1) is 0 Å². The van der Waals surface area contributed by atoms with Crippen molar-refractivity contribution >= 4 is 10.2 Å². The fourth-order valence-corrected chi connectivity index (χ4v) is 2.55. The smallest absolute Gasteiger partial charge is 0.279 e. The third-order valence-electron chi connectivity index (χ3n) is 1.82. The third-order valence-corrected chi connectivity index (χ3v) is 3.62. The zero-order chi connectivity index (χ0) is 11.9. The fraction of sp³-hybridized carbons (Fsp3) is 1.00. The van der Waals surface area contributed by atoms with E-state index in [-0.39, 0.29) is 12.6 Å². The first-order valence-electron chi connectivity index (χ1n) is 4.91. The van der Waals surface area contributed by atoms with E-state index in [1.165, 1.54) is 11.4 Å². The first-order valence-corrected chi connectivity index (χ1v) is 6.35. The van der Waals surface area contributed by atoms with E-state index in [0.29, 0.717) is 19.7 Å². The lowest BCUT2D eigenvalue weighted by molar-refractivity contribution is 0.203. The molecule has 92 valence electrons. The van der Waals surface area contributed by atoms with Crippen LogP contribution in [-0.2, 0) is 14.9 Å². The van der Waals surface area contributed by atoms with Crippen molar-refractivity contribution in [3.8, 4) is 0 Å². The standard InChI is InChI=1S/C8H21N3O3S/c1-8(2)11(6-4-9)15(12,13)10-5-7-14-3/h8,10H,4-7,9H2,1-3H3. The molecule has 7 heteroatoms. The molecular formula is C8H21N3O3S. The lowest BCUT2D eigenvalue weighted by Gasteiger charge is -2.25. The Morgan fingerprint density at radius 3 is 2.47 bits per heavy atom. The second-order valence-electron chi connectivity index (χ2n) is 3.39. The maximum Gasteiger partial charge on any atom is 0.279 e. The normalized spacial score (nSPS) is 12.7. The van der Waals surface area contributed by atoms with Crippen molar-refractivity contribution in [2.75, 3.05) is 33.4 Å². The van der Waals surface area contributed by atoms with Crippen LogP contribution in [0.3, 0.4) is 0 Å². The van der Waals surface area contributed by atoms with E-state index in [2.05, 4.69) is 4.72 Å². The van der Waals surface area contributed by atoms with Crippen LogP contribution < -0.4 is 10.5 Å². The highest BCUT2D eigenvalue weighted by Crippen LogP contribution is 2.03. The minimum Gasteiger partial charge on any atom is -0.383 e. The van der Waals surface area contributed by atoms with Gasteiger partial charge in [0.1, 0.15) is 0 Å². The van der Waals surface area contributed by atoms with Gasteiger partial charge in [0.2, 0.25) is 0 Å². The molecule has 0 unspecified atom stereocenters. The molecule has 0 saturated heterocycles. The van der Waals surface area contributed by atoms with Crippen LogP contribution in [0, 0.1) is 0 Å². The molecule has 0 aromatic carbocycles. The van der Waals surface area contributed by atoms with Crippen LogP contribution in [-0.4, -0.2) is 52.1 Å². The second-order valence-corrected chi connectivity index (χ2v) is 5.09. The number of hydrogen-bond acceptors (Lipinski definition) is 4. The molecule has 0 aromatic rings. The molecule has 0 aliphatic rings. The largest absolute Gasteiger partial charge is 0.383 e. The number of nitrogens with zero attached hydrogens (tertiary/aromatic N) is 1. The minimum absolute atomic E-state index is 0.103. The number of rotatable bonds is 8. The molecule has 0 fully saturated rings. The zero-order valence-electron chi connectivity index (χ0n) is 9.56. The summed E-state index contributed by atoms with van der Waals surface area (Å²) in [5, 5.41) is 0. The number of ether oxygens (including phenoxy) is 1. The molecule has 0 amide bonds. The lowest BCUT2D eigenvalue weighted by atomic mass is 10.4. The van der Waals surface area contributed by atoms with E-state index in [1.54, 1.807) is 0 Å². The summed E-state index contributed by atoms with van der Waals surface area (Å²) in [6, 6.07) is -0.103. The quantitative estimate of drug-likeness (QED) is 0.540. The van der Waals surface area contributed by atoms with Crippen molar-refractivity contribution in [1.29, 1.82) is 0 Å². The van der Waals surface area contributed by atoms with E-state index in [1.807, 2.05) is 13.8 Å². The molecule has 15 heavy (non-hydrogen) atoms. The van der Waals surface area contributed by atoms with E-state index < -0.39 is 10.2 Å². The molecule has 0 bridgehead atoms. The summed E-state index contributed by atoms with van der Waals surface area (Å²) < 4.78 is 32.0. The average Bonchev–Trinajstić information content (AvgIpc) is 2.13. The molecule has 6 nitrogen and oxygen atoms in total. The van der Waals surface area contributed by atoms with Crippen molar-refractivity contribution in [1.82, 2.24) is 9.03 Å². The van der Waals surface area contributed by atoms with Crippen LogP contribution in [0.1, 0.15) is 13.8 Å².